The molecule has 1 aromatic carbocycles. The van der Waals surface area contributed by atoms with E-state index in [1.165, 1.54) is 7.11 Å². The van der Waals surface area contributed by atoms with Gasteiger partial charge in [0.2, 0.25) is 0 Å². The maximum absolute atomic E-state index is 11.5. The molecule has 4 nitrogen and oxygen atoms in total. The van der Waals surface area contributed by atoms with Crippen molar-refractivity contribution < 1.29 is 9.53 Å². The van der Waals surface area contributed by atoms with Crippen LogP contribution in [-0.2, 0) is 4.74 Å². The number of ether oxygens (including phenoxy) is 1. The lowest BCUT2D eigenvalue weighted by Gasteiger charge is -2.11. The van der Waals surface area contributed by atoms with Crippen LogP contribution in [-0.4, -0.2) is 24.7 Å². The highest BCUT2D eigenvalue weighted by molar-refractivity contribution is 7.80. The Kier molecular flexibility index (Phi) is 5.88. The van der Waals surface area contributed by atoms with Crippen LogP contribution in [0, 0.1) is 0 Å². The van der Waals surface area contributed by atoms with Gasteiger partial charge in [-0.3, -0.25) is 0 Å². The molecule has 0 amide bonds. The molecular weight excluding hydrogens is 272 g/mol. The minimum Gasteiger partial charge on any atom is -0.465 e. The van der Waals surface area contributed by atoms with Gasteiger partial charge in [-0.25, -0.2) is 4.79 Å². The van der Waals surface area contributed by atoms with Gasteiger partial charge in [0.05, 0.1) is 17.7 Å². The van der Waals surface area contributed by atoms with Crippen molar-refractivity contribution in [1.29, 1.82) is 0 Å². The fourth-order valence-electron chi connectivity index (χ4n) is 1.28. The van der Waals surface area contributed by atoms with Crippen LogP contribution >= 0.6 is 23.8 Å². The van der Waals surface area contributed by atoms with Crippen molar-refractivity contribution in [2.45, 2.75) is 13.3 Å². The number of carbonyl (C=O) groups excluding carboxylic acids is 1. The third-order valence-corrected chi connectivity index (χ3v) is 2.74. The molecule has 0 aromatic heterocycles. The van der Waals surface area contributed by atoms with Gasteiger partial charge in [-0.05, 0) is 36.8 Å². The Morgan fingerprint density at radius 1 is 1.50 bits per heavy atom. The number of esters is 1. The zero-order valence-electron chi connectivity index (χ0n) is 10.2. The predicted octanol–water partition coefficient (Wildman–Crippen LogP) is 2.82. The van der Waals surface area contributed by atoms with Crippen molar-refractivity contribution in [3.05, 3.63) is 28.8 Å². The summed E-state index contributed by atoms with van der Waals surface area (Å²) in [5.41, 5.74) is 0.996. The second-order valence-electron chi connectivity index (χ2n) is 3.57. The summed E-state index contributed by atoms with van der Waals surface area (Å²) < 4.78 is 4.64. The van der Waals surface area contributed by atoms with Gasteiger partial charge in [-0.2, -0.15) is 0 Å². The highest BCUT2D eigenvalue weighted by Gasteiger charge is 2.11. The molecule has 0 saturated heterocycles. The molecule has 0 fully saturated rings. The Bertz CT molecular complexity index is 452. The second kappa shape index (κ2) is 7.18. The molecule has 1 rings (SSSR count). The average molecular weight is 287 g/mol. The van der Waals surface area contributed by atoms with Crippen molar-refractivity contribution in [3.8, 4) is 0 Å². The number of hydrogen-bond donors (Lipinski definition) is 2. The minimum atomic E-state index is -0.476. The molecule has 0 spiro atoms. The smallest absolute Gasteiger partial charge is 0.339 e. The van der Waals surface area contributed by atoms with Crippen LogP contribution in [0.1, 0.15) is 23.7 Å². The van der Waals surface area contributed by atoms with E-state index in [4.69, 9.17) is 23.8 Å². The number of methoxy groups -OCH3 is 1. The molecule has 18 heavy (non-hydrogen) atoms. The van der Waals surface area contributed by atoms with E-state index in [1.54, 1.807) is 18.2 Å². The van der Waals surface area contributed by atoms with Crippen LogP contribution in [0.5, 0.6) is 0 Å². The molecule has 2 N–H and O–H groups in total. The molecule has 0 radical (unpaired) electrons. The number of halogens is 1. The first kappa shape index (κ1) is 14.7. The van der Waals surface area contributed by atoms with Crippen LogP contribution in [0.15, 0.2) is 18.2 Å². The van der Waals surface area contributed by atoms with Gasteiger partial charge in [0.15, 0.2) is 5.11 Å². The van der Waals surface area contributed by atoms with Crippen LogP contribution in [0.3, 0.4) is 0 Å². The molecule has 0 atom stereocenters. The summed E-state index contributed by atoms with van der Waals surface area (Å²) in [6.45, 7) is 2.84. The third kappa shape index (κ3) is 4.16. The molecule has 0 aliphatic carbocycles. The number of carbonyl (C=O) groups is 1. The van der Waals surface area contributed by atoms with Crippen LogP contribution in [0.2, 0.25) is 5.02 Å². The average Bonchev–Trinajstić information content (AvgIpc) is 2.37. The zero-order valence-corrected chi connectivity index (χ0v) is 11.8. The monoisotopic (exact) mass is 286 g/mol. The molecule has 0 aliphatic heterocycles. The van der Waals surface area contributed by atoms with Gasteiger partial charge in [-0.1, -0.05) is 18.5 Å². The summed E-state index contributed by atoms with van der Waals surface area (Å²) in [5, 5.41) is 6.86. The Labute approximate surface area is 117 Å². The second-order valence-corrected chi connectivity index (χ2v) is 4.38. The topological polar surface area (TPSA) is 50.4 Å². The van der Waals surface area contributed by atoms with Crippen molar-refractivity contribution in [2.24, 2.45) is 0 Å². The van der Waals surface area contributed by atoms with E-state index in [0.29, 0.717) is 21.4 Å². The molecule has 0 aliphatic rings. The van der Waals surface area contributed by atoms with Gasteiger partial charge < -0.3 is 15.4 Å². The Morgan fingerprint density at radius 2 is 2.22 bits per heavy atom. The molecule has 0 unspecified atom stereocenters. The van der Waals surface area contributed by atoms with Crippen molar-refractivity contribution >= 4 is 40.6 Å². The van der Waals surface area contributed by atoms with E-state index >= 15 is 0 Å². The predicted molar refractivity (Wildman–Crippen MR) is 77.3 cm³/mol. The lowest BCUT2D eigenvalue weighted by molar-refractivity contribution is 0.0601. The van der Waals surface area contributed by atoms with Crippen LogP contribution in [0.25, 0.3) is 0 Å². The normalized spacial score (nSPS) is 9.72. The summed E-state index contributed by atoms with van der Waals surface area (Å²) in [6, 6.07) is 4.97. The van der Waals surface area contributed by atoms with Gasteiger partial charge >= 0.3 is 5.97 Å². The SMILES string of the molecule is CCCNC(=S)Nc1ccc(Cl)c(C(=O)OC)c1. The van der Waals surface area contributed by atoms with Crippen LogP contribution in [0.4, 0.5) is 5.69 Å². The number of benzene rings is 1. The summed E-state index contributed by atoms with van der Waals surface area (Å²) >= 11 is 11.0. The standard InChI is InChI=1S/C12H15ClN2O2S/c1-3-6-14-12(18)15-8-4-5-10(13)9(7-8)11(16)17-2/h4-5,7H,3,6H2,1-2H3,(H2,14,15,18). The first-order valence-corrected chi connectivity index (χ1v) is 6.29. The number of thiocarbonyl (C=S) groups is 1. The zero-order chi connectivity index (χ0) is 13.5. The molecular formula is C12H15ClN2O2S. The number of rotatable bonds is 4. The van der Waals surface area contributed by atoms with Crippen molar-refractivity contribution in [2.75, 3.05) is 19.0 Å². The number of hydrogen-bond acceptors (Lipinski definition) is 3. The van der Waals surface area contributed by atoms with Crippen molar-refractivity contribution in [1.82, 2.24) is 5.32 Å². The largest absolute Gasteiger partial charge is 0.465 e. The Hall–Kier alpha value is -1.33. The molecule has 0 heterocycles. The lowest BCUT2D eigenvalue weighted by atomic mass is 10.2. The summed E-state index contributed by atoms with van der Waals surface area (Å²) in [4.78, 5) is 11.5. The summed E-state index contributed by atoms with van der Waals surface area (Å²) in [6.07, 6.45) is 0.982. The maximum Gasteiger partial charge on any atom is 0.339 e. The number of anilines is 1. The van der Waals surface area contributed by atoms with E-state index in [-0.39, 0.29) is 0 Å². The fraction of sp³-hybridized carbons (Fsp3) is 0.333. The Balaban J connectivity index is 2.79. The molecule has 1 aromatic rings. The highest BCUT2D eigenvalue weighted by atomic mass is 35.5. The summed E-state index contributed by atoms with van der Waals surface area (Å²) in [5.74, 6) is -0.476. The van der Waals surface area contributed by atoms with Gasteiger partial charge in [0.25, 0.3) is 0 Å². The fourth-order valence-corrected chi connectivity index (χ4v) is 1.70. The summed E-state index contributed by atoms with van der Waals surface area (Å²) in [7, 11) is 1.31. The third-order valence-electron chi connectivity index (χ3n) is 2.17. The Morgan fingerprint density at radius 3 is 2.83 bits per heavy atom. The van der Waals surface area contributed by atoms with E-state index in [2.05, 4.69) is 15.4 Å². The van der Waals surface area contributed by atoms with Gasteiger partial charge in [0.1, 0.15) is 0 Å². The highest BCUT2D eigenvalue weighted by Crippen LogP contribution is 2.21. The maximum atomic E-state index is 11.5. The van der Waals surface area contributed by atoms with Gasteiger partial charge in [-0.15, -0.1) is 0 Å². The van der Waals surface area contributed by atoms with Crippen molar-refractivity contribution in [3.63, 3.8) is 0 Å². The number of nitrogens with one attached hydrogen (secondary N) is 2. The lowest BCUT2D eigenvalue weighted by Crippen LogP contribution is -2.28. The molecule has 6 heteroatoms. The molecule has 98 valence electrons. The van der Waals surface area contributed by atoms with E-state index in [0.717, 1.165) is 13.0 Å². The van der Waals surface area contributed by atoms with E-state index in [9.17, 15) is 4.79 Å². The first-order chi connectivity index (χ1) is 8.58. The van der Waals surface area contributed by atoms with E-state index < -0.39 is 5.97 Å². The van der Waals surface area contributed by atoms with Gasteiger partial charge in [0, 0.05) is 12.2 Å². The molecule has 0 saturated carbocycles. The van der Waals surface area contributed by atoms with Crippen LogP contribution < -0.4 is 10.6 Å². The first-order valence-electron chi connectivity index (χ1n) is 5.51. The quantitative estimate of drug-likeness (QED) is 0.658. The molecule has 0 bridgehead atoms. The minimum absolute atomic E-state index is 0.308. The van der Waals surface area contributed by atoms with E-state index in [1.807, 2.05) is 6.92 Å².